The molecule has 7 rings (SSSR count). The van der Waals surface area contributed by atoms with Crippen molar-refractivity contribution in [1.82, 2.24) is 19.7 Å². The Labute approximate surface area is 391 Å². The maximum Gasteiger partial charge on any atom is 0.143 e. The van der Waals surface area contributed by atoms with Crippen molar-refractivity contribution < 1.29 is 33.5 Å². The van der Waals surface area contributed by atoms with E-state index in [1.807, 2.05) is 42.5 Å². The molecule has 0 unspecified atom stereocenters. The van der Waals surface area contributed by atoms with E-state index in [0.717, 1.165) is 97.6 Å². The number of pyridine rings is 1. The van der Waals surface area contributed by atoms with Crippen molar-refractivity contribution in [3.05, 3.63) is 191 Å². The minimum Gasteiger partial charge on any atom is -0.497 e. The molecule has 0 saturated heterocycles. The number of methoxy groups -OCH3 is 2. The van der Waals surface area contributed by atoms with Crippen LogP contribution in [0.1, 0.15) is 45.6 Å². The minimum atomic E-state index is -0.962. The van der Waals surface area contributed by atoms with Crippen LogP contribution in [0.15, 0.2) is 152 Å². The first kappa shape index (κ1) is 48.3. The second-order valence-electron chi connectivity index (χ2n) is 16.5. The maximum atomic E-state index is 9.56. The fourth-order valence-corrected chi connectivity index (χ4v) is 8.47. The molecular weight excluding hydrogens is 829 g/mol. The number of rotatable bonds is 17. The van der Waals surface area contributed by atoms with Crippen LogP contribution >= 0.6 is 0 Å². The first-order valence-corrected chi connectivity index (χ1v) is 23.2. The summed E-state index contributed by atoms with van der Waals surface area (Å²) in [7, 11) is 3.35. The zero-order chi connectivity index (χ0) is 45.7. The molecule has 6 aromatic rings. The molecule has 0 spiro atoms. The first-order valence-electron chi connectivity index (χ1n) is 23.2. The zero-order valence-corrected chi connectivity index (χ0v) is 38.6. The number of hydrogen-bond donors (Lipinski definition) is 1. The molecule has 2 heterocycles. The third-order valence-corrected chi connectivity index (χ3v) is 11.9. The molecule has 1 aliphatic heterocycles. The second-order valence-corrected chi connectivity index (χ2v) is 16.5. The normalized spacial score (nSPS) is 15.4. The molecule has 1 N–H and O–H groups in total. The van der Waals surface area contributed by atoms with Crippen LogP contribution in [0.2, 0.25) is 0 Å². The highest BCUT2D eigenvalue weighted by molar-refractivity contribution is 5.49. The number of nitrogens with zero attached hydrogens (tertiary/aromatic N) is 4. The Hall–Kier alpha value is -5.63. The van der Waals surface area contributed by atoms with Gasteiger partial charge in [-0.1, -0.05) is 115 Å². The second kappa shape index (κ2) is 25.9. The molecule has 0 amide bonds. The lowest BCUT2D eigenvalue weighted by atomic mass is 9.80. The Morgan fingerprint density at radius 1 is 0.530 bits per heavy atom. The molecule has 0 radical (unpaired) electrons. The largest absolute Gasteiger partial charge is 0.497 e. The summed E-state index contributed by atoms with van der Waals surface area (Å²) in [5.41, 5.74) is 6.24. The molecule has 11 nitrogen and oxygen atoms in total. The molecule has 5 aromatic carbocycles. The molecule has 66 heavy (non-hydrogen) atoms. The molecule has 0 saturated carbocycles. The van der Waals surface area contributed by atoms with E-state index in [9.17, 15) is 5.11 Å². The highest BCUT2D eigenvalue weighted by Crippen LogP contribution is 2.41. The van der Waals surface area contributed by atoms with Gasteiger partial charge < -0.3 is 33.5 Å². The van der Waals surface area contributed by atoms with E-state index in [-0.39, 0.29) is 13.2 Å². The van der Waals surface area contributed by atoms with Crippen LogP contribution < -0.4 is 14.2 Å². The molecule has 1 aliphatic rings. The van der Waals surface area contributed by atoms with Crippen molar-refractivity contribution in [2.45, 2.75) is 38.2 Å². The number of aliphatic hydroxyl groups is 1. The Kier molecular flexibility index (Phi) is 19.0. The Morgan fingerprint density at radius 3 is 1.42 bits per heavy atom. The molecule has 1 aromatic heterocycles. The smallest absolute Gasteiger partial charge is 0.143 e. The van der Waals surface area contributed by atoms with Crippen molar-refractivity contribution >= 4 is 0 Å². The van der Waals surface area contributed by atoms with Gasteiger partial charge in [0.15, 0.2) is 0 Å². The lowest BCUT2D eigenvalue weighted by Gasteiger charge is -2.36. The van der Waals surface area contributed by atoms with Gasteiger partial charge in [-0.05, 0) is 58.5 Å². The molecule has 2 bridgehead atoms. The zero-order valence-electron chi connectivity index (χ0n) is 38.6. The van der Waals surface area contributed by atoms with Gasteiger partial charge in [-0.25, -0.2) is 0 Å². The van der Waals surface area contributed by atoms with Crippen molar-refractivity contribution in [3.63, 3.8) is 0 Å². The quantitative estimate of drug-likeness (QED) is 0.0709. The molecule has 11 heteroatoms. The highest BCUT2D eigenvalue weighted by atomic mass is 16.5. The fourth-order valence-electron chi connectivity index (χ4n) is 8.47. The summed E-state index contributed by atoms with van der Waals surface area (Å²) in [5.74, 6) is 2.27. The van der Waals surface area contributed by atoms with Gasteiger partial charge in [-0.2, -0.15) is 0 Å². The summed E-state index contributed by atoms with van der Waals surface area (Å²) in [6.07, 6.45) is 0.723. The summed E-state index contributed by atoms with van der Waals surface area (Å²) < 4.78 is 37.5. The van der Waals surface area contributed by atoms with Crippen LogP contribution in [-0.4, -0.2) is 118 Å². The van der Waals surface area contributed by atoms with Gasteiger partial charge in [-0.3, -0.25) is 19.7 Å². The van der Waals surface area contributed by atoms with Crippen LogP contribution in [-0.2, 0) is 46.0 Å². The van der Waals surface area contributed by atoms with Gasteiger partial charge in [-0.15, -0.1) is 0 Å². The molecular formula is C55H66N4O7. The van der Waals surface area contributed by atoms with E-state index in [1.165, 1.54) is 11.1 Å². The highest BCUT2D eigenvalue weighted by Gasteiger charge is 2.38. The number of aromatic nitrogens is 1. The number of benzene rings is 5. The van der Waals surface area contributed by atoms with E-state index < -0.39 is 5.60 Å². The molecule has 0 atom stereocenters. The van der Waals surface area contributed by atoms with Gasteiger partial charge in [0.25, 0.3) is 0 Å². The number of fused-ring (bicyclic) bond motifs is 2. The topological polar surface area (TPSA) is 98.2 Å². The van der Waals surface area contributed by atoms with Crippen molar-refractivity contribution in [2.24, 2.45) is 0 Å². The Morgan fingerprint density at radius 2 is 0.970 bits per heavy atom. The fraction of sp³-hybridized carbons (Fsp3) is 0.364. The SMILES string of the molecule is COc1ccc(C(OCCOc2cc3nc(c2)CN(Cc2ccccc2)CCOCCN(CCCO)CCOCCN(Cc2ccccc2)C3)(c2ccccc2)c2ccc(OC)cc2)cc1. The van der Waals surface area contributed by atoms with Crippen molar-refractivity contribution in [2.75, 3.05) is 93.2 Å². The van der Waals surface area contributed by atoms with Gasteiger partial charge >= 0.3 is 0 Å². The Bertz CT molecular complexity index is 2140. The number of hydrogen-bond acceptors (Lipinski definition) is 11. The van der Waals surface area contributed by atoms with Crippen LogP contribution in [0.5, 0.6) is 17.2 Å². The Balaban J connectivity index is 1.17. The van der Waals surface area contributed by atoms with Gasteiger partial charge in [0.1, 0.15) is 29.5 Å². The average Bonchev–Trinajstić information content (AvgIpc) is 3.36. The standard InChI is InChI=1S/C55H66N4O7/c1-61-52-23-19-48(20-24-52)55(47-17-10-5-11-18-47,49-21-25-53(62-2)26-22-49)66-38-37-65-54-39-50-43-58(41-45-13-6-3-7-14-45)30-35-63-33-28-57(27-12-32-60)29-34-64-36-31-59(44-51(40-54)56-50)42-46-15-8-4-9-16-46/h3-11,13-26,39-40,60H,12,27-38,41-44H2,1-2H3. The van der Waals surface area contributed by atoms with E-state index in [2.05, 4.69) is 124 Å². The van der Waals surface area contributed by atoms with Crippen LogP contribution in [0.4, 0.5) is 0 Å². The lowest BCUT2D eigenvalue weighted by molar-refractivity contribution is -0.00250. The third kappa shape index (κ3) is 14.2. The van der Waals surface area contributed by atoms with Gasteiger partial charge in [0.2, 0.25) is 0 Å². The summed E-state index contributed by atoms with van der Waals surface area (Å²) in [6.45, 7) is 9.63. The van der Waals surface area contributed by atoms with Crippen molar-refractivity contribution in [1.29, 1.82) is 0 Å². The maximum absolute atomic E-state index is 9.56. The van der Waals surface area contributed by atoms with Gasteiger partial charge in [0.05, 0.1) is 58.6 Å². The van der Waals surface area contributed by atoms with Crippen LogP contribution in [0.25, 0.3) is 0 Å². The van der Waals surface area contributed by atoms with E-state index in [0.29, 0.717) is 46.1 Å². The van der Waals surface area contributed by atoms with Crippen LogP contribution in [0.3, 0.4) is 0 Å². The molecule has 0 fully saturated rings. The lowest BCUT2D eigenvalue weighted by Crippen LogP contribution is -2.34. The van der Waals surface area contributed by atoms with Crippen molar-refractivity contribution in [3.8, 4) is 17.2 Å². The minimum absolute atomic E-state index is 0.167. The summed E-state index contributed by atoms with van der Waals surface area (Å²) in [4.78, 5) is 12.4. The van der Waals surface area contributed by atoms with Crippen LogP contribution in [0, 0.1) is 0 Å². The third-order valence-electron chi connectivity index (χ3n) is 11.9. The summed E-state index contributed by atoms with van der Waals surface area (Å²) in [5, 5.41) is 9.56. The number of aliphatic hydroxyl groups excluding tert-OH is 1. The average molecular weight is 895 g/mol. The molecule has 348 valence electrons. The summed E-state index contributed by atoms with van der Waals surface area (Å²) in [6, 6.07) is 51.7. The number of ether oxygens (including phenoxy) is 6. The predicted octanol–water partition coefficient (Wildman–Crippen LogP) is 8.22. The first-order chi connectivity index (χ1) is 32.5. The van der Waals surface area contributed by atoms with E-state index in [1.54, 1.807) is 14.2 Å². The van der Waals surface area contributed by atoms with E-state index >= 15 is 0 Å². The van der Waals surface area contributed by atoms with Gasteiger partial charge in [0, 0.05) is 77.6 Å². The monoisotopic (exact) mass is 894 g/mol. The predicted molar refractivity (Wildman–Crippen MR) is 259 cm³/mol. The van der Waals surface area contributed by atoms with E-state index in [4.69, 9.17) is 33.4 Å². The summed E-state index contributed by atoms with van der Waals surface area (Å²) >= 11 is 0. The molecule has 0 aliphatic carbocycles.